The molecule has 1 aromatic carbocycles. The van der Waals surface area contributed by atoms with Gasteiger partial charge in [0.2, 0.25) is 0 Å². The van der Waals surface area contributed by atoms with Crippen molar-refractivity contribution < 1.29 is 0 Å². The van der Waals surface area contributed by atoms with Crippen molar-refractivity contribution in [2.45, 2.75) is 18.9 Å². The van der Waals surface area contributed by atoms with Crippen molar-refractivity contribution in [2.24, 2.45) is 0 Å². The minimum absolute atomic E-state index is 0.0874. The van der Waals surface area contributed by atoms with Crippen LogP contribution in [0.5, 0.6) is 0 Å². The molecule has 9 nitrogen and oxygen atoms in total. The van der Waals surface area contributed by atoms with Gasteiger partial charge in [-0.05, 0) is 37.1 Å². The number of rotatable bonds is 3. The number of hydrogen-bond acceptors (Lipinski definition) is 6. The predicted molar refractivity (Wildman–Crippen MR) is 112 cm³/mol. The second kappa shape index (κ2) is 6.51. The van der Waals surface area contributed by atoms with Gasteiger partial charge in [0, 0.05) is 12.7 Å². The third-order valence-corrected chi connectivity index (χ3v) is 5.62. The van der Waals surface area contributed by atoms with Crippen LogP contribution >= 0.6 is 0 Å². The summed E-state index contributed by atoms with van der Waals surface area (Å²) < 4.78 is 3.39. The standard InChI is InChI=1S/C21H18N8O/c30-21-16-9-5-11-28(16)26-19(29(21)14-6-2-1-3-7-14)15-8-4-10-27(15)20-17-18(23-12-22-17)24-13-25-20/h1-3,5-7,9,11-13,15H,4,8,10H2,(H,22,23,24,25)/t15-/m1/s1. The fraction of sp³-hybridized carbons (Fsp3) is 0.190. The molecule has 4 aromatic heterocycles. The van der Waals surface area contributed by atoms with Crippen LogP contribution in [-0.2, 0) is 0 Å². The molecule has 0 aliphatic carbocycles. The molecule has 148 valence electrons. The van der Waals surface area contributed by atoms with Gasteiger partial charge in [-0.15, -0.1) is 0 Å². The third kappa shape index (κ3) is 2.45. The van der Waals surface area contributed by atoms with Crippen LogP contribution in [0.3, 0.4) is 0 Å². The number of nitrogens with one attached hydrogen (secondary N) is 1. The van der Waals surface area contributed by atoms with Gasteiger partial charge in [-0.3, -0.25) is 9.36 Å². The van der Waals surface area contributed by atoms with E-state index in [1.165, 1.54) is 6.33 Å². The Morgan fingerprint density at radius 1 is 1.03 bits per heavy atom. The maximum absolute atomic E-state index is 13.4. The number of H-pyrrole nitrogens is 1. The highest BCUT2D eigenvalue weighted by Gasteiger charge is 2.33. The maximum Gasteiger partial charge on any atom is 0.282 e. The van der Waals surface area contributed by atoms with Gasteiger partial charge in [0.25, 0.3) is 5.56 Å². The fourth-order valence-electron chi connectivity index (χ4n) is 4.30. The number of benzene rings is 1. The number of aromatic nitrogens is 7. The van der Waals surface area contributed by atoms with Crippen LogP contribution in [-0.4, -0.2) is 40.7 Å². The highest BCUT2D eigenvalue weighted by molar-refractivity contribution is 5.83. The Bertz CT molecular complexity index is 1420. The molecule has 9 heteroatoms. The van der Waals surface area contributed by atoms with Crippen molar-refractivity contribution in [1.29, 1.82) is 0 Å². The molecule has 1 aliphatic heterocycles. The summed E-state index contributed by atoms with van der Waals surface area (Å²) in [4.78, 5) is 31.8. The minimum Gasteiger partial charge on any atom is -0.344 e. The molecule has 1 fully saturated rings. The Balaban J connectivity index is 1.59. The van der Waals surface area contributed by atoms with E-state index in [1.807, 2.05) is 42.6 Å². The second-order valence-electron chi connectivity index (χ2n) is 7.32. The first-order valence-corrected chi connectivity index (χ1v) is 9.88. The SMILES string of the molecule is O=c1c2cccn2nc([C@H]2CCCN2c2ncnc3[nH]cnc23)n1-c1ccccc1. The van der Waals surface area contributed by atoms with E-state index in [2.05, 4.69) is 24.8 Å². The molecule has 1 atom stereocenters. The summed E-state index contributed by atoms with van der Waals surface area (Å²) in [7, 11) is 0. The first-order chi connectivity index (χ1) is 14.8. The molecule has 5 heterocycles. The van der Waals surface area contributed by atoms with E-state index < -0.39 is 0 Å². The minimum atomic E-state index is -0.112. The van der Waals surface area contributed by atoms with E-state index in [-0.39, 0.29) is 11.6 Å². The Labute approximate surface area is 170 Å². The van der Waals surface area contributed by atoms with E-state index in [0.29, 0.717) is 17.0 Å². The quantitative estimate of drug-likeness (QED) is 0.502. The van der Waals surface area contributed by atoms with Crippen molar-refractivity contribution in [2.75, 3.05) is 11.4 Å². The van der Waals surface area contributed by atoms with Crippen LogP contribution in [0.2, 0.25) is 0 Å². The van der Waals surface area contributed by atoms with Gasteiger partial charge < -0.3 is 9.88 Å². The van der Waals surface area contributed by atoms with Crippen molar-refractivity contribution in [3.05, 3.63) is 77.5 Å². The molecule has 5 aromatic rings. The number of fused-ring (bicyclic) bond motifs is 2. The van der Waals surface area contributed by atoms with Gasteiger partial charge >= 0.3 is 0 Å². The second-order valence-corrected chi connectivity index (χ2v) is 7.32. The normalized spacial score (nSPS) is 16.7. The predicted octanol–water partition coefficient (Wildman–Crippen LogP) is 2.49. The number of para-hydroxylation sites is 1. The first-order valence-electron chi connectivity index (χ1n) is 9.88. The molecular formula is C21H18N8O. The van der Waals surface area contributed by atoms with E-state index >= 15 is 0 Å². The summed E-state index contributed by atoms with van der Waals surface area (Å²) in [5, 5.41) is 4.86. The summed E-state index contributed by atoms with van der Waals surface area (Å²) in [6.07, 6.45) is 6.80. The number of imidazole rings is 1. The maximum atomic E-state index is 13.4. The summed E-state index contributed by atoms with van der Waals surface area (Å²) in [5.41, 5.74) is 2.67. The lowest BCUT2D eigenvalue weighted by molar-refractivity contribution is 0.602. The lowest BCUT2D eigenvalue weighted by Gasteiger charge is -2.27. The highest BCUT2D eigenvalue weighted by Crippen LogP contribution is 2.36. The largest absolute Gasteiger partial charge is 0.344 e. The zero-order valence-corrected chi connectivity index (χ0v) is 16.0. The van der Waals surface area contributed by atoms with Gasteiger partial charge in [-0.1, -0.05) is 18.2 Å². The zero-order chi connectivity index (χ0) is 20.1. The Morgan fingerprint density at radius 2 is 1.93 bits per heavy atom. The summed E-state index contributed by atoms with van der Waals surface area (Å²) in [5.74, 6) is 1.44. The number of anilines is 1. The van der Waals surface area contributed by atoms with Gasteiger partial charge in [-0.25, -0.2) is 19.5 Å². The molecule has 0 amide bonds. The molecular weight excluding hydrogens is 380 g/mol. The monoisotopic (exact) mass is 398 g/mol. The van der Waals surface area contributed by atoms with Gasteiger partial charge in [-0.2, -0.15) is 5.10 Å². The third-order valence-electron chi connectivity index (χ3n) is 5.62. The Kier molecular flexibility index (Phi) is 3.67. The van der Waals surface area contributed by atoms with Crippen molar-refractivity contribution in [3.63, 3.8) is 0 Å². The van der Waals surface area contributed by atoms with Gasteiger partial charge in [0.05, 0.1) is 18.1 Å². The van der Waals surface area contributed by atoms with Gasteiger partial charge in [0.15, 0.2) is 17.3 Å². The molecule has 30 heavy (non-hydrogen) atoms. The lowest BCUT2D eigenvalue weighted by atomic mass is 10.2. The molecule has 1 N–H and O–H groups in total. The van der Waals surface area contributed by atoms with Crippen LogP contribution in [0, 0.1) is 0 Å². The van der Waals surface area contributed by atoms with Crippen molar-refractivity contribution >= 4 is 22.5 Å². The van der Waals surface area contributed by atoms with Crippen molar-refractivity contribution in [1.82, 2.24) is 34.1 Å². The van der Waals surface area contributed by atoms with Gasteiger partial charge in [0.1, 0.15) is 17.4 Å². The van der Waals surface area contributed by atoms with E-state index in [0.717, 1.165) is 36.4 Å². The zero-order valence-electron chi connectivity index (χ0n) is 16.0. The molecule has 0 saturated carbocycles. The molecule has 0 spiro atoms. The fourth-order valence-corrected chi connectivity index (χ4v) is 4.30. The molecule has 0 bridgehead atoms. The topological polar surface area (TPSA) is 97.0 Å². The average Bonchev–Trinajstić information content (AvgIpc) is 3.53. The molecule has 1 saturated heterocycles. The molecule has 6 rings (SSSR count). The van der Waals surface area contributed by atoms with Crippen LogP contribution in [0.15, 0.2) is 66.1 Å². The van der Waals surface area contributed by atoms with Crippen LogP contribution < -0.4 is 10.5 Å². The number of hydrogen-bond donors (Lipinski definition) is 1. The van der Waals surface area contributed by atoms with Crippen molar-refractivity contribution in [3.8, 4) is 5.69 Å². The lowest BCUT2D eigenvalue weighted by Crippen LogP contribution is -2.33. The first kappa shape index (κ1) is 16.9. The molecule has 1 aliphatic rings. The highest BCUT2D eigenvalue weighted by atomic mass is 16.1. The smallest absolute Gasteiger partial charge is 0.282 e. The summed E-state index contributed by atoms with van der Waals surface area (Å²) in [6, 6.07) is 13.2. The Morgan fingerprint density at radius 3 is 2.83 bits per heavy atom. The Hall–Kier alpha value is -4.01. The molecule has 0 radical (unpaired) electrons. The van der Waals surface area contributed by atoms with E-state index in [9.17, 15) is 4.79 Å². The number of nitrogens with zero attached hydrogens (tertiary/aromatic N) is 7. The number of aromatic amines is 1. The van der Waals surface area contributed by atoms with Crippen LogP contribution in [0.4, 0.5) is 5.82 Å². The van der Waals surface area contributed by atoms with Crippen LogP contribution in [0.1, 0.15) is 24.7 Å². The van der Waals surface area contributed by atoms with E-state index in [1.54, 1.807) is 21.5 Å². The van der Waals surface area contributed by atoms with E-state index in [4.69, 9.17) is 5.10 Å². The summed E-state index contributed by atoms with van der Waals surface area (Å²) in [6.45, 7) is 0.804. The summed E-state index contributed by atoms with van der Waals surface area (Å²) >= 11 is 0. The molecule has 0 unspecified atom stereocenters. The van der Waals surface area contributed by atoms with Crippen LogP contribution in [0.25, 0.3) is 22.4 Å². The average molecular weight is 398 g/mol.